The molecule has 0 unspecified atom stereocenters. The molecule has 14 heteroatoms. The van der Waals surface area contributed by atoms with Crippen molar-refractivity contribution in [2.45, 2.75) is 23.3 Å². The van der Waals surface area contributed by atoms with E-state index in [1.54, 1.807) is 60.4 Å². The van der Waals surface area contributed by atoms with Crippen LogP contribution < -0.4 is 19.3 Å². The highest BCUT2D eigenvalue weighted by atomic mass is 32.2. The molecule has 318 valence electrons. The van der Waals surface area contributed by atoms with Gasteiger partial charge in [0.15, 0.2) is 7.91 Å². The van der Waals surface area contributed by atoms with Gasteiger partial charge in [-0.15, -0.1) is 22.7 Å². The summed E-state index contributed by atoms with van der Waals surface area (Å²) in [5.41, 5.74) is 8.83. The van der Waals surface area contributed by atoms with Crippen molar-refractivity contribution < 1.29 is 9.47 Å². The van der Waals surface area contributed by atoms with Gasteiger partial charge in [0.2, 0.25) is 0 Å². The summed E-state index contributed by atoms with van der Waals surface area (Å²) in [4.78, 5) is 6.68. The normalized spacial score (nSPS) is 15.8. The number of hydrogen-bond donors (Lipinski definition) is 0. The lowest BCUT2D eigenvalue weighted by atomic mass is 10.0. The van der Waals surface area contributed by atoms with Gasteiger partial charge in [-0.05, 0) is 132 Å². The van der Waals surface area contributed by atoms with Crippen LogP contribution in [-0.2, 0) is 12.8 Å². The molecule has 4 heterocycles. The van der Waals surface area contributed by atoms with Gasteiger partial charge in [0, 0.05) is 22.7 Å². The molecule has 0 saturated heterocycles. The fourth-order valence-electron chi connectivity index (χ4n) is 8.09. The molecular weight excluding hydrogens is 945 g/mol. The number of fused-ring (bicyclic) bond motifs is 2. The van der Waals surface area contributed by atoms with Crippen molar-refractivity contribution in [1.82, 2.24) is 9.13 Å². The van der Waals surface area contributed by atoms with Crippen LogP contribution in [0.4, 0.5) is 23.0 Å². The van der Waals surface area contributed by atoms with E-state index in [1.165, 1.54) is 20.9 Å². The summed E-state index contributed by atoms with van der Waals surface area (Å²) in [5, 5.41) is 0.00697. The maximum Gasteiger partial charge on any atom is 0.167 e. The van der Waals surface area contributed by atoms with Crippen molar-refractivity contribution in [3.8, 4) is 22.9 Å². The molecule has 6 nitrogen and oxygen atoms in total. The van der Waals surface area contributed by atoms with Gasteiger partial charge >= 0.3 is 0 Å². The Balaban J connectivity index is 0.923. The van der Waals surface area contributed by atoms with Crippen LogP contribution in [0.15, 0.2) is 158 Å². The Labute approximate surface area is 409 Å². The van der Waals surface area contributed by atoms with E-state index in [0.29, 0.717) is 0 Å². The SMILES string of the molecule is COc1ccc([C@H]2SC(=S)N(c3ccccc3)c3c2sc(=S)n3-c2ccc(CCc3ccc(-n4c5c(sc4=S)[C@@H](c4ccc(OC)cc4)SC(=S)N5c4ccccc4)cc3)cc2)cc1. The molecule has 0 bridgehead atoms. The lowest BCUT2D eigenvalue weighted by Crippen LogP contribution is -2.29. The molecular formula is C50H38N4O2S8. The lowest BCUT2D eigenvalue weighted by Gasteiger charge is -2.34. The Kier molecular flexibility index (Phi) is 12.5. The Morgan fingerprint density at radius 3 is 1.14 bits per heavy atom. The second-order valence-corrected chi connectivity index (χ2v) is 21.9. The molecule has 10 rings (SSSR count). The molecule has 6 aromatic carbocycles. The predicted molar refractivity (Wildman–Crippen MR) is 284 cm³/mol. The van der Waals surface area contributed by atoms with Gasteiger partial charge in [0.25, 0.3) is 0 Å². The van der Waals surface area contributed by atoms with Gasteiger partial charge < -0.3 is 9.47 Å². The van der Waals surface area contributed by atoms with E-state index in [2.05, 4.69) is 116 Å². The van der Waals surface area contributed by atoms with E-state index in [1.807, 2.05) is 60.7 Å². The fourth-order valence-corrected chi connectivity index (χ4v) is 14.5. The third-order valence-corrected chi connectivity index (χ3v) is 17.6. The number of rotatable bonds is 11. The Bertz CT molecular complexity index is 2900. The van der Waals surface area contributed by atoms with Gasteiger partial charge in [-0.25, -0.2) is 0 Å². The van der Waals surface area contributed by atoms with Gasteiger partial charge in [-0.2, -0.15) is 0 Å². The van der Waals surface area contributed by atoms with Crippen molar-refractivity contribution >= 4 is 127 Å². The fraction of sp³-hybridized carbons (Fsp3) is 0.120. The summed E-state index contributed by atoms with van der Waals surface area (Å²) < 4.78 is 18.4. The van der Waals surface area contributed by atoms with Crippen LogP contribution in [0, 0.1) is 7.91 Å². The maximum atomic E-state index is 6.16. The zero-order valence-electron chi connectivity index (χ0n) is 34.5. The summed E-state index contributed by atoms with van der Waals surface area (Å²) in [6, 6.07) is 54.7. The molecule has 2 aliphatic heterocycles. The summed E-state index contributed by atoms with van der Waals surface area (Å²) in [7, 11) is 3.38. The number of hydrogen-bond acceptors (Lipinski definition) is 10. The Morgan fingerprint density at radius 1 is 0.438 bits per heavy atom. The minimum absolute atomic E-state index is 0.00348. The van der Waals surface area contributed by atoms with E-state index >= 15 is 0 Å². The smallest absolute Gasteiger partial charge is 0.167 e. The van der Waals surface area contributed by atoms with Gasteiger partial charge in [-0.1, -0.05) is 133 Å². The zero-order valence-corrected chi connectivity index (χ0v) is 41.0. The van der Waals surface area contributed by atoms with Crippen LogP contribution in [-0.4, -0.2) is 32.0 Å². The number of thiazole rings is 2. The number of para-hydroxylation sites is 2. The number of nitrogens with zero attached hydrogens (tertiary/aromatic N) is 4. The monoisotopic (exact) mass is 982 g/mol. The standard InChI is InChI=1S/C50H38N4O2S8/c1-55-39-27-19-33(20-28-39)41-43-45(51(47(57)61-41)35-9-5-3-6-10-35)53(49(59)63-43)37-23-15-31(16-24-37)13-14-32-17-25-38(26-18-32)54-46-44(64-50(54)60)42(34-21-29-40(56-2)30-22-34)62-48(58)52(46)36-11-7-4-8-12-36/h3-12,15-30,41-42H,13-14H2,1-2H3/t41-,42-/m1/s1. The molecule has 0 amide bonds. The highest BCUT2D eigenvalue weighted by molar-refractivity contribution is 8.24. The van der Waals surface area contributed by atoms with Crippen LogP contribution in [0.5, 0.6) is 11.5 Å². The molecule has 0 fully saturated rings. The predicted octanol–water partition coefficient (Wildman–Crippen LogP) is 15.2. The first kappa shape index (κ1) is 43.0. The average Bonchev–Trinajstić information content (AvgIpc) is 3.87. The first-order valence-electron chi connectivity index (χ1n) is 20.4. The third kappa shape index (κ3) is 8.19. The minimum atomic E-state index is 0.00348. The lowest BCUT2D eigenvalue weighted by molar-refractivity contribution is 0.414. The summed E-state index contributed by atoms with van der Waals surface area (Å²) in [6.07, 6.45) is 1.76. The largest absolute Gasteiger partial charge is 0.497 e. The van der Waals surface area contributed by atoms with Gasteiger partial charge in [0.1, 0.15) is 31.8 Å². The zero-order chi connectivity index (χ0) is 43.9. The second kappa shape index (κ2) is 18.5. The number of anilines is 4. The first-order chi connectivity index (χ1) is 31.3. The average molecular weight is 983 g/mol. The number of benzene rings is 6. The van der Waals surface area contributed by atoms with Crippen molar-refractivity contribution in [3.05, 3.63) is 198 Å². The number of thioether (sulfide) groups is 2. The van der Waals surface area contributed by atoms with Crippen LogP contribution >= 0.6 is 95.1 Å². The topological polar surface area (TPSA) is 34.8 Å². The van der Waals surface area contributed by atoms with Crippen LogP contribution in [0.25, 0.3) is 11.4 Å². The second-order valence-electron chi connectivity index (χ2n) is 15.0. The summed E-state index contributed by atoms with van der Waals surface area (Å²) in [5.74, 6) is 3.63. The Morgan fingerprint density at radius 2 is 0.797 bits per heavy atom. The quantitative estimate of drug-likeness (QED) is 0.117. The van der Waals surface area contributed by atoms with Crippen LogP contribution in [0.2, 0.25) is 0 Å². The molecule has 2 aromatic heterocycles. The molecule has 64 heavy (non-hydrogen) atoms. The molecule has 0 saturated carbocycles. The summed E-state index contributed by atoms with van der Waals surface area (Å²) >= 11 is 31.3. The van der Waals surface area contributed by atoms with E-state index in [4.69, 9.17) is 58.3 Å². The van der Waals surface area contributed by atoms with E-state index < -0.39 is 0 Å². The summed E-state index contributed by atoms with van der Waals surface area (Å²) in [6.45, 7) is 0. The molecule has 2 aliphatic rings. The highest BCUT2D eigenvalue weighted by Gasteiger charge is 2.38. The van der Waals surface area contributed by atoms with Crippen molar-refractivity contribution in [2.24, 2.45) is 0 Å². The van der Waals surface area contributed by atoms with Crippen molar-refractivity contribution in [1.29, 1.82) is 0 Å². The maximum absolute atomic E-state index is 6.16. The van der Waals surface area contributed by atoms with Crippen LogP contribution in [0.1, 0.15) is 42.5 Å². The molecule has 8 aromatic rings. The number of methoxy groups -OCH3 is 2. The Hall–Kier alpha value is -4.90. The first-order valence-corrected chi connectivity index (χ1v) is 25.4. The van der Waals surface area contributed by atoms with E-state index in [-0.39, 0.29) is 10.5 Å². The minimum Gasteiger partial charge on any atom is -0.497 e. The molecule has 0 spiro atoms. The van der Waals surface area contributed by atoms with E-state index in [0.717, 1.165) is 86.4 Å². The number of aromatic nitrogens is 2. The molecule has 0 aliphatic carbocycles. The van der Waals surface area contributed by atoms with E-state index in [9.17, 15) is 0 Å². The number of ether oxygens (including phenoxy) is 2. The molecule has 0 radical (unpaired) electrons. The van der Waals surface area contributed by atoms with Crippen LogP contribution in [0.3, 0.4) is 0 Å². The van der Waals surface area contributed by atoms with Crippen molar-refractivity contribution in [2.75, 3.05) is 24.0 Å². The highest BCUT2D eigenvalue weighted by Crippen LogP contribution is 2.54. The number of aryl methyl sites for hydroxylation is 2. The third-order valence-electron chi connectivity index (χ3n) is 11.3. The molecule has 2 atom stereocenters. The van der Waals surface area contributed by atoms with Gasteiger partial charge in [0.05, 0.1) is 34.5 Å². The number of thiocarbonyl (C=S) groups is 2. The van der Waals surface area contributed by atoms with Crippen molar-refractivity contribution in [3.63, 3.8) is 0 Å². The molecule has 0 N–H and O–H groups in total. The van der Waals surface area contributed by atoms with Gasteiger partial charge in [-0.3, -0.25) is 18.9 Å².